The summed E-state index contributed by atoms with van der Waals surface area (Å²) in [6.45, 7) is 8.04. The second kappa shape index (κ2) is 7.68. The van der Waals surface area contributed by atoms with Crippen molar-refractivity contribution in [1.29, 1.82) is 0 Å². The molecule has 0 aliphatic carbocycles. The Morgan fingerprint density at radius 3 is 2.00 bits per heavy atom. The van der Waals surface area contributed by atoms with E-state index in [0.29, 0.717) is 22.7 Å². The van der Waals surface area contributed by atoms with Gasteiger partial charge in [-0.05, 0) is 48.2 Å². The number of para-hydroxylation sites is 1. The van der Waals surface area contributed by atoms with Crippen LogP contribution in [0.15, 0.2) is 59.1 Å². The largest absolute Gasteiger partial charge is 0.360 e. The van der Waals surface area contributed by atoms with E-state index in [4.69, 9.17) is 4.52 Å². The van der Waals surface area contributed by atoms with Gasteiger partial charge in [0.2, 0.25) is 0 Å². The van der Waals surface area contributed by atoms with Crippen molar-refractivity contribution in [3.8, 4) is 0 Å². The third-order valence-corrected chi connectivity index (χ3v) is 4.26. The van der Waals surface area contributed by atoms with Crippen LogP contribution in [0.4, 0.5) is 11.5 Å². The Labute approximate surface area is 163 Å². The molecule has 0 aliphatic heterocycles. The lowest BCUT2D eigenvalue weighted by atomic mass is 9.86. The summed E-state index contributed by atoms with van der Waals surface area (Å²) in [6.07, 6.45) is 0. The summed E-state index contributed by atoms with van der Waals surface area (Å²) in [6, 6.07) is 15.8. The van der Waals surface area contributed by atoms with Gasteiger partial charge in [0.05, 0.1) is 0 Å². The molecule has 144 valence electrons. The van der Waals surface area contributed by atoms with Crippen molar-refractivity contribution in [2.24, 2.45) is 0 Å². The van der Waals surface area contributed by atoms with Gasteiger partial charge in [0.15, 0.2) is 5.82 Å². The fourth-order valence-electron chi connectivity index (χ4n) is 2.83. The van der Waals surface area contributed by atoms with Crippen LogP contribution in [0, 0.1) is 6.92 Å². The summed E-state index contributed by atoms with van der Waals surface area (Å²) in [5.41, 5.74) is 2.64. The highest BCUT2D eigenvalue weighted by Crippen LogP contribution is 2.29. The summed E-state index contributed by atoms with van der Waals surface area (Å²) < 4.78 is 4.92. The maximum atomic E-state index is 12.6. The molecular weight excluding hydrogens is 354 g/mol. The third kappa shape index (κ3) is 4.46. The number of benzene rings is 2. The maximum absolute atomic E-state index is 12.6. The molecule has 0 unspecified atom stereocenters. The summed E-state index contributed by atoms with van der Waals surface area (Å²) in [7, 11) is 0. The molecule has 0 bridgehead atoms. The quantitative estimate of drug-likeness (QED) is 0.685. The zero-order valence-corrected chi connectivity index (χ0v) is 16.4. The molecule has 0 saturated carbocycles. The van der Waals surface area contributed by atoms with E-state index in [2.05, 4.69) is 36.6 Å². The number of nitrogens with one attached hydrogen (secondary N) is 2. The SMILES string of the molecule is Cc1cc(NC(=O)c2ccc(C(=O)Nc3ccccc3C(C)(C)C)cc2)no1. The van der Waals surface area contributed by atoms with Crippen molar-refractivity contribution in [3.63, 3.8) is 0 Å². The first-order chi connectivity index (χ1) is 13.2. The molecule has 2 amide bonds. The van der Waals surface area contributed by atoms with Crippen LogP contribution in [0.2, 0.25) is 0 Å². The van der Waals surface area contributed by atoms with Gasteiger partial charge in [-0.3, -0.25) is 9.59 Å². The van der Waals surface area contributed by atoms with E-state index in [1.54, 1.807) is 37.3 Å². The van der Waals surface area contributed by atoms with Crippen LogP contribution >= 0.6 is 0 Å². The highest BCUT2D eigenvalue weighted by molar-refractivity contribution is 6.07. The van der Waals surface area contributed by atoms with E-state index in [0.717, 1.165) is 11.3 Å². The molecule has 1 heterocycles. The van der Waals surface area contributed by atoms with Crippen molar-refractivity contribution < 1.29 is 14.1 Å². The lowest BCUT2D eigenvalue weighted by Crippen LogP contribution is -2.19. The standard InChI is InChI=1S/C22H23N3O3/c1-14-13-19(25-28-14)24-21(27)16-11-9-15(10-12-16)20(26)23-18-8-6-5-7-17(18)22(2,3)4/h5-13H,1-4H3,(H,23,26)(H,24,25,27). The number of aryl methyl sites for hydroxylation is 1. The molecule has 28 heavy (non-hydrogen) atoms. The van der Waals surface area contributed by atoms with Gasteiger partial charge in [-0.25, -0.2) is 0 Å². The van der Waals surface area contributed by atoms with E-state index in [1.165, 1.54) is 0 Å². The van der Waals surface area contributed by atoms with E-state index in [1.807, 2.05) is 24.3 Å². The minimum absolute atomic E-state index is 0.0920. The summed E-state index contributed by atoms with van der Waals surface area (Å²) in [5.74, 6) is 0.412. The second-order valence-electron chi connectivity index (χ2n) is 7.60. The number of hydrogen-bond donors (Lipinski definition) is 2. The Hall–Kier alpha value is -3.41. The van der Waals surface area contributed by atoms with Gasteiger partial charge in [0, 0.05) is 22.9 Å². The van der Waals surface area contributed by atoms with Crippen LogP contribution in [-0.4, -0.2) is 17.0 Å². The molecule has 0 saturated heterocycles. The molecule has 2 aromatic carbocycles. The molecule has 0 spiro atoms. The fraction of sp³-hybridized carbons (Fsp3) is 0.227. The van der Waals surface area contributed by atoms with Crippen molar-refractivity contribution in [3.05, 3.63) is 77.0 Å². The number of carbonyl (C=O) groups excluding carboxylic acids is 2. The summed E-state index contributed by atoms with van der Waals surface area (Å²) >= 11 is 0. The average Bonchev–Trinajstić information content (AvgIpc) is 3.06. The van der Waals surface area contributed by atoms with Gasteiger partial charge in [-0.1, -0.05) is 44.1 Å². The topological polar surface area (TPSA) is 84.2 Å². The van der Waals surface area contributed by atoms with Crippen molar-refractivity contribution in [2.45, 2.75) is 33.1 Å². The fourth-order valence-corrected chi connectivity index (χ4v) is 2.83. The Morgan fingerprint density at radius 2 is 1.46 bits per heavy atom. The number of aromatic nitrogens is 1. The number of anilines is 2. The van der Waals surface area contributed by atoms with Gasteiger partial charge < -0.3 is 15.2 Å². The van der Waals surface area contributed by atoms with Crippen LogP contribution in [0.3, 0.4) is 0 Å². The van der Waals surface area contributed by atoms with Crippen LogP contribution in [0.1, 0.15) is 52.8 Å². The van der Waals surface area contributed by atoms with Crippen LogP contribution < -0.4 is 10.6 Å². The van der Waals surface area contributed by atoms with Crippen molar-refractivity contribution in [1.82, 2.24) is 5.16 Å². The van der Waals surface area contributed by atoms with Crippen molar-refractivity contribution in [2.75, 3.05) is 10.6 Å². The highest BCUT2D eigenvalue weighted by atomic mass is 16.5. The Kier molecular flexibility index (Phi) is 5.31. The Balaban J connectivity index is 1.71. The minimum Gasteiger partial charge on any atom is -0.360 e. The first-order valence-corrected chi connectivity index (χ1v) is 8.99. The smallest absolute Gasteiger partial charge is 0.256 e. The lowest BCUT2D eigenvalue weighted by Gasteiger charge is -2.23. The predicted molar refractivity (Wildman–Crippen MR) is 109 cm³/mol. The van der Waals surface area contributed by atoms with E-state index in [9.17, 15) is 9.59 Å². The van der Waals surface area contributed by atoms with E-state index < -0.39 is 0 Å². The molecule has 6 nitrogen and oxygen atoms in total. The number of rotatable bonds is 4. The number of nitrogens with zero attached hydrogens (tertiary/aromatic N) is 1. The predicted octanol–water partition coefficient (Wildman–Crippen LogP) is 4.79. The zero-order valence-electron chi connectivity index (χ0n) is 16.4. The number of carbonyl (C=O) groups is 2. The molecule has 0 radical (unpaired) electrons. The highest BCUT2D eigenvalue weighted by Gasteiger charge is 2.19. The normalized spacial score (nSPS) is 11.1. The molecule has 1 aromatic heterocycles. The summed E-state index contributed by atoms with van der Waals surface area (Å²) in [4.78, 5) is 24.9. The third-order valence-electron chi connectivity index (χ3n) is 4.26. The van der Waals surface area contributed by atoms with Gasteiger partial charge in [-0.15, -0.1) is 0 Å². The Morgan fingerprint density at radius 1 is 0.893 bits per heavy atom. The monoisotopic (exact) mass is 377 g/mol. The van der Waals surface area contributed by atoms with E-state index in [-0.39, 0.29) is 17.2 Å². The van der Waals surface area contributed by atoms with Gasteiger partial charge in [0.1, 0.15) is 5.76 Å². The minimum atomic E-state index is -0.321. The molecule has 2 N–H and O–H groups in total. The van der Waals surface area contributed by atoms with Gasteiger partial charge >= 0.3 is 0 Å². The molecule has 6 heteroatoms. The van der Waals surface area contributed by atoms with Gasteiger partial charge in [0.25, 0.3) is 11.8 Å². The number of amides is 2. The van der Waals surface area contributed by atoms with Gasteiger partial charge in [-0.2, -0.15) is 0 Å². The molecule has 3 aromatic rings. The lowest BCUT2D eigenvalue weighted by molar-refractivity contribution is 0.101. The second-order valence-corrected chi connectivity index (χ2v) is 7.60. The molecule has 3 rings (SSSR count). The molecule has 0 aliphatic rings. The molecule has 0 fully saturated rings. The summed E-state index contributed by atoms with van der Waals surface area (Å²) in [5, 5.41) is 9.34. The zero-order chi connectivity index (χ0) is 20.3. The first-order valence-electron chi connectivity index (χ1n) is 8.99. The Bertz CT molecular complexity index is 998. The average molecular weight is 377 g/mol. The van der Waals surface area contributed by atoms with Crippen LogP contribution in [0.5, 0.6) is 0 Å². The van der Waals surface area contributed by atoms with Crippen molar-refractivity contribution >= 4 is 23.3 Å². The number of hydrogen-bond acceptors (Lipinski definition) is 4. The molecular formula is C22H23N3O3. The van der Waals surface area contributed by atoms with E-state index >= 15 is 0 Å². The van der Waals surface area contributed by atoms with Crippen LogP contribution in [0.25, 0.3) is 0 Å². The molecule has 0 atom stereocenters. The van der Waals surface area contributed by atoms with Crippen LogP contribution in [-0.2, 0) is 5.41 Å². The first kappa shape index (κ1) is 19.4. The maximum Gasteiger partial charge on any atom is 0.256 e.